The van der Waals surface area contributed by atoms with Gasteiger partial charge >= 0.3 is 0 Å². The maximum absolute atomic E-state index is 12.5. The Hall–Kier alpha value is -2.40. The largest absolute Gasteiger partial charge is 0.497 e. The van der Waals surface area contributed by atoms with Crippen LogP contribution in [0.2, 0.25) is 0 Å². The highest BCUT2D eigenvalue weighted by molar-refractivity contribution is 7.10. The quantitative estimate of drug-likeness (QED) is 0.735. The molecule has 0 unspecified atom stereocenters. The van der Waals surface area contributed by atoms with Crippen LogP contribution >= 0.6 is 11.3 Å². The third-order valence-corrected chi connectivity index (χ3v) is 5.34. The molecule has 0 amide bonds. The number of ether oxygens (including phenoxy) is 1. The molecule has 2 aromatic heterocycles. The summed E-state index contributed by atoms with van der Waals surface area (Å²) in [6, 6.07) is 11.9. The van der Waals surface area contributed by atoms with E-state index in [9.17, 15) is 4.79 Å². The van der Waals surface area contributed by atoms with Crippen LogP contribution in [0, 0.1) is 0 Å². The van der Waals surface area contributed by atoms with Gasteiger partial charge in [0.25, 0.3) is 0 Å². The summed E-state index contributed by atoms with van der Waals surface area (Å²) in [5, 5.41) is 6.51. The van der Waals surface area contributed by atoms with E-state index in [1.54, 1.807) is 24.6 Å². The highest BCUT2D eigenvalue weighted by atomic mass is 32.1. The van der Waals surface area contributed by atoms with E-state index in [0.29, 0.717) is 6.42 Å². The number of carbonyl (C=O) groups is 1. The molecule has 1 aliphatic carbocycles. The minimum Gasteiger partial charge on any atom is -0.497 e. The second-order valence-electron chi connectivity index (χ2n) is 5.66. The van der Waals surface area contributed by atoms with Crippen molar-refractivity contribution in [2.24, 2.45) is 0 Å². The average molecular weight is 324 g/mol. The highest BCUT2D eigenvalue weighted by Gasteiger charge is 2.30. The summed E-state index contributed by atoms with van der Waals surface area (Å²) in [6.07, 6.45) is 3.11. The fraction of sp³-hybridized carbons (Fsp3) is 0.222. The molecule has 0 fully saturated rings. The first-order chi connectivity index (χ1) is 11.3. The third kappa shape index (κ3) is 2.47. The molecule has 2 heterocycles. The van der Waals surface area contributed by atoms with Gasteiger partial charge in [-0.3, -0.25) is 4.79 Å². The minimum atomic E-state index is 0.185. The molecule has 0 saturated heterocycles. The van der Waals surface area contributed by atoms with E-state index >= 15 is 0 Å². The van der Waals surface area contributed by atoms with Gasteiger partial charge in [0.15, 0.2) is 5.78 Å². The predicted octanol–water partition coefficient (Wildman–Crippen LogP) is 3.86. The van der Waals surface area contributed by atoms with Gasteiger partial charge in [-0.1, -0.05) is 6.07 Å². The number of fused-ring (bicyclic) bond motifs is 1. The average Bonchev–Trinajstić information content (AvgIpc) is 3.24. The Labute approximate surface area is 138 Å². The number of thiophene rings is 1. The Balaban J connectivity index is 1.73. The standard InChI is InChI=1S/C18H16N2O2S/c1-22-14-6-4-13(5-7-14)20-16-9-12(18-3-2-8-23-18)10-17(21)15(16)11-19-20/h2-8,11-12H,9-10H2,1H3/t12-/m1/s1. The van der Waals surface area contributed by atoms with E-state index < -0.39 is 0 Å². The lowest BCUT2D eigenvalue weighted by molar-refractivity contribution is 0.0964. The normalized spacial score (nSPS) is 17.1. The molecule has 0 bridgehead atoms. The van der Waals surface area contributed by atoms with Crippen LogP contribution in [-0.2, 0) is 6.42 Å². The minimum absolute atomic E-state index is 0.185. The zero-order valence-corrected chi connectivity index (χ0v) is 13.5. The summed E-state index contributed by atoms with van der Waals surface area (Å²) in [6.45, 7) is 0. The van der Waals surface area contributed by atoms with Gasteiger partial charge in [0.1, 0.15) is 5.75 Å². The van der Waals surface area contributed by atoms with Crippen molar-refractivity contribution in [1.29, 1.82) is 0 Å². The number of nitrogens with zero attached hydrogens (tertiary/aromatic N) is 2. The number of hydrogen-bond donors (Lipinski definition) is 0. The van der Waals surface area contributed by atoms with Gasteiger partial charge in [0.2, 0.25) is 0 Å². The van der Waals surface area contributed by atoms with Gasteiger partial charge in [-0.25, -0.2) is 4.68 Å². The Morgan fingerprint density at radius 2 is 2.04 bits per heavy atom. The molecular weight excluding hydrogens is 308 g/mol. The SMILES string of the molecule is COc1ccc(-n2ncc3c2C[C@@H](c2cccs2)CC3=O)cc1. The molecule has 116 valence electrons. The molecule has 5 heteroatoms. The summed E-state index contributed by atoms with van der Waals surface area (Å²) in [7, 11) is 1.65. The summed E-state index contributed by atoms with van der Waals surface area (Å²) in [5.41, 5.74) is 2.71. The fourth-order valence-electron chi connectivity index (χ4n) is 3.11. The van der Waals surface area contributed by atoms with E-state index in [4.69, 9.17) is 4.74 Å². The van der Waals surface area contributed by atoms with Gasteiger partial charge in [-0.15, -0.1) is 11.3 Å². The molecule has 1 atom stereocenters. The molecule has 0 aliphatic heterocycles. The molecule has 1 aliphatic rings. The molecule has 0 N–H and O–H groups in total. The lowest BCUT2D eigenvalue weighted by atomic mass is 9.86. The van der Waals surface area contributed by atoms with Crippen molar-refractivity contribution in [2.75, 3.05) is 7.11 Å². The number of aromatic nitrogens is 2. The molecule has 23 heavy (non-hydrogen) atoms. The van der Waals surface area contributed by atoms with Crippen LogP contribution in [0.15, 0.2) is 48.0 Å². The van der Waals surface area contributed by atoms with Crippen molar-refractivity contribution in [3.8, 4) is 11.4 Å². The smallest absolute Gasteiger partial charge is 0.166 e. The van der Waals surface area contributed by atoms with Gasteiger partial charge in [-0.05, 0) is 42.1 Å². The topological polar surface area (TPSA) is 44.1 Å². The monoisotopic (exact) mass is 324 g/mol. The van der Waals surface area contributed by atoms with Crippen molar-refractivity contribution in [3.05, 3.63) is 64.1 Å². The molecule has 0 radical (unpaired) electrons. The second kappa shape index (κ2) is 5.66. The van der Waals surface area contributed by atoms with Crippen molar-refractivity contribution >= 4 is 17.1 Å². The van der Waals surface area contributed by atoms with E-state index in [-0.39, 0.29) is 11.7 Å². The van der Waals surface area contributed by atoms with Crippen molar-refractivity contribution in [3.63, 3.8) is 0 Å². The summed E-state index contributed by atoms with van der Waals surface area (Å²) < 4.78 is 7.08. The number of Topliss-reactive ketones (excluding diaryl/α,β-unsaturated/α-hetero) is 1. The number of carbonyl (C=O) groups excluding carboxylic acids is 1. The zero-order valence-electron chi connectivity index (χ0n) is 12.7. The maximum atomic E-state index is 12.5. The number of rotatable bonds is 3. The lowest BCUT2D eigenvalue weighted by Gasteiger charge is -2.21. The summed E-state index contributed by atoms with van der Waals surface area (Å²) in [4.78, 5) is 13.7. The maximum Gasteiger partial charge on any atom is 0.166 e. The zero-order chi connectivity index (χ0) is 15.8. The first-order valence-corrected chi connectivity index (χ1v) is 8.42. The first kappa shape index (κ1) is 14.2. The summed E-state index contributed by atoms with van der Waals surface area (Å²) in [5.74, 6) is 1.25. The van der Waals surface area contributed by atoms with Crippen molar-refractivity contribution in [2.45, 2.75) is 18.8 Å². The number of benzene rings is 1. The number of hydrogen-bond acceptors (Lipinski definition) is 4. The molecule has 0 spiro atoms. The Morgan fingerprint density at radius 1 is 1.22 bits per heavy atom. The molecule has 0 saturated carbocycles. The number of ketones is 1. The third-order valence-electron chi connectivity index (χ3n) is 4.30. The molecule has 3 aromatic rings. The summed E-state index contributed by atoms with van der Waals surface area (Å²) >= 11 is 1.72. The van der Waals surface area contributed by atoms with Crippen LogP contribution in [0.5, 0.6) is 5.75 Å². The Morgan fingerprint density at radius 3 is 2.74 bits per heavy atom. The van der Waals surface area contributed by atoms with Crippen LogP contribution in [0.25, 0.3) is 5.69 Å². The van der Waals surface area contributed by atoms with E-state index in [0.717, 1.165) is 29.1 Å². The fourth-order valence-corrected chi connectivity index (χ4v) is 3.94. The Kier molecular flexibility index (Phi) is 3.50. The highest BCUT2D eigenvalue weighted by Crippen LogP contribution is 2.35. The van der Waals surface area contributed by atoms with Gasteiger partial charge < -0.3 is 4.74 Å². The van der Waals surface area contributed by atoms with E-state index in [1.165, 1.54) is 4.88 Å². The second-order valence-corrected chi connectivity index (χ2v) is 6.64. The number of methoxy groups -OCH3 is 1. The van der Waals surface area contributed by atoms with E-state index in [1.807, 2.05) is 35.0 Å². The predicted molar refractivity (Wildman–Crippen MR) is 89.8 cm³/mol. The van der Waals surface area contributed by atoms with Crippen LogP contribution in [-0.4, -0.2) is 22.7 Å². The van der Waals surface area contributed by atoms with Crippen molar-refractivity contribution in [1.82, 2.24) is 9.78 Å². The van der Waals surface area contributed by atoms with E-state index in [2.05, 4.69) is 16.5 Å². The van der Waals surface area contributed by atoms with Gasteiger partial charge in [0.05, 0.1) is 30.3 Å². The lowest BCUT2D eigenvalue weighted by Crippen LogP contribution is -2.19. The molecular formula is C18H16N2O2S. The van der Waals surface area contributed by atoms with Crippen LogP contribution in [0.1, 0.15) is 33.3 Å². The molecule has 1 aromatic carbocycles. The van der Waals surface area contributed by atoms with Crippen LogP contribution < -0.4 is 4.74 Å². The van der Waals surface area contributed by atoms with Crippen molar-refractivity contribution < 1.29 is 9.53 Å². The van der Waals surface area contributed by atoms with Crippen LogP contribution in [0.3, 0.4) is 0 Å². The van der Waals surface area contributed by atoms with Crippen LogP contribution in [0.4, 0.5) is 0 Å². The first-order valence-electron chi connectivity index (χ1n) is 7.54. The molecule has 4 nitrogen and oxygen atoms in total. The van der Waals surface area contributed by atoms with Gasteiger partial charge in [-0.2, -0.15) is 5.10 Å². The Bertz CT molecular complexity index is 835. The molecule has 4 rings (SSSR count). The van der Waals surface area contributed by atoms with Gasteiger partial charge in [0, 0.05) is 17.2 Å².